The highest BCUT2D eigenvalue weighted by atomic mass is 16.5. The molecule has 2 atom stereocenters. The van der Waals surface area contributed by atoms with Gasteiger partial charge in [0.05, 0.1) is 22.9 Å². The summed E-state index contributed by atoms with van der Waals surface area (Å²) in [7, 11) is 0. The molecule has 6 nitrogen and oxygen atoms in total. The van der Waals surface area contributed by atoms with Crippen LogP contribution in [0.15, 0.2) is 49.1 Å². The van der Waals surface area contributed by atoms with Crippen LogP contribution in [0.5, 0.6) is 5.75 Å². The van der Waals surface area contributed by atoms with Gasteiger partial charge in [-0.25, -0.2) is 0 Å². The minimum atomic E-state index is 0.203. The van der Waals surface area contributed by atoms with Crippen molar-refractivity contribution in [3.63, 3.8) is 0 Å². The van der Waals surface area contributed by atoms with Gasteiger partial charge in [0.25, 0.3) is 0 Å². The van der Waals surface area contributed by atoms with Crippen molar-refractivity contribution in [3.8, 4) is 5.75 Å². The number of benzene rings is 1. The number of hydrogen-bond acceptors (Lipinski definition) is 6. The molecule has 3 aromatic rings. The zero-order chi connectivity index (χ0) is 17.1. The van der Waals surface area contributed by atoms with Crippen LogP contribution in [0.2, 0.25) is 0 Å². The molecule has 0 radical (unpaired) electrons. The summed E-state index contributed by atoms with van der Waals surface area (Å²) in [6.07, 6.45) is 8.21. The van der Waals surface area contributed by atoms with E-state index in [1.165, 1.54) is 0 Å². The first-order valence-electron chi connectivity index (χ1n) is 8.55. The molecule has 128 valence electrons. The average Bonchev–Trinajstić information content (AvgIpc) is 3.05. The lowest BCUT2D eigenvalue weighted by Gasteiger charge is -2.17. The number of ether oxygens (including phenoxy) is 1. The molecule has 0 amide bonds. The summed E-state index contributed by atoms with van der Waals surface area (Å²) in [5.41, 5.74) is 3.84. The van der Waals surface area contributed by atoms with Gasteiger partial charge in [0, 0.05) is 50.2 Å². The number of fused-ring (bicyclic) bond motifs is 1. The summed E-state index contributed by atoms with van der Waals surface area (Å²) in [5.74, 6) is 0.844. The van der Waals surface area contributed by atoms with E-state index in [9.17, 15) is 0 Å². The number of anilines is 1. The van der Waals surface area contributed by atoms with Gasteiger partial charge in [-0.3, -0.25) is 15.0 Å². The fraction of sp³-hybridized carbons (Fsp3) is 0.316. The SMILES string of the molecule is C[C@@H]1C[C@@H](Oc2ccncc2NCc2ccc3nccnc3c2)CN1. The Morgan fingerprint density at radius 2 is 2.04 bits per heavy atom. The second-order valence-corrected chi connectivity index (χ2v) is 6.39. The van der Waals surface area contributed by atoms with E-state index < -0.39 is 0 Å². The number of nitrogens with zero attached hydrogens (tertiary/aromatic N) is 3. The minimum absolute atomic E-state index is 0.203. The Morgan fingerprint density at radius 1 is 1.16 bits per heavy atom. The van der Waals surface area contributed by atoms with E-state index in [0.717, 1.165) is 41.0 Å². The first kappa shape index (κ1) is 15.8. The lowest BCUT2D eigenvalue weighted by atomic mass is 10.2. The molecule has 1 fully saturated rings. The maximum absolute atomic E-state index is 6.15. The van der Waals surface area contributed by atoms with E-state index in [1.54, 1.807) is 18.6 Å². The molecule has 0 unspecified atom stereocenters. The van der Waals surface area contributed by atoms with E-state index in [1.807, 2.05) is 18.3 Å². The van der Waals surface area contributed by atoms with Crippen molar-refractivity contribution in [2.75, 3.05) is 11.9 Å². The first-order chi connectivity index (χ1) is 12.3. The summed E-state index contributed by atoms with van der Waals surface area (Å²) >= 11 is 0. The van der Waals surface area contributed by atoms with Crippen molar-refractivity contribution >= 4 is 16.7 Å². The van der Waals surface area contributed by atoms with E-state index in [0.29, 0.717) is 12.6 Å². The van der Waals surface area contributed by atoms with Crippen molar-refractivity contribution < 1.29 is 4.74 Å². The van der Waals surface area contributed by atoms with Gasteiger partial charge < -0.3 is 15.4 Å². The van der Waals surface area contributed by atoms with Gasteiger partial charge in [0.1, 0.15) is 11.9 Å². The molecule has 0 spiro atoms. The van der Waals surface area contributed by atoms with Crippen LogP contribution in [0.25, 0.3) is 11.0 Å². The molecule has 3 heterocycles. The summed E-state index contributed by atoms with van der Waals surface area (Å²) in [5, 5.41) is 6.83. The standard InChI is InChI=1S/C19H21N5O/c1-13-8-15(11-23-13)25-19-4-5-20-12-18(19)24-10-14-2-3-16-17(9-14)22-7-6-21-16/h2-7,9,12-13,15,23-24H,8,10-11H2,1H3/t13-,15-/m1/s1. The maximum Gasteiger partial charge on any atom is 0.146 e. The van der Waals surface area contributed by atoms with Crippen LogP contribution in [-0.4, -0.2) is 33.6 Å². The third-order valence-electron chi connectivity index (χ3n) is 4.40. The summed E-state index contributed by atoms with van der Waals surface area (Å²) in [6, 6.07) is 8.52. The number of hydrogen-bond donors (Lipinski definition) is 2. The van der Waals surface area contributed by atoms with E-state index in [4.69, 9.17) is 4.74 Å². The predicted molar refractivity (Wildman–Crippen MR) is 97.6 cm³/mol. The molecule has 0 aliphatic carbocycles. The van der Waals surface area contributed by atoms with E-state index in [-0.39, 0.29) is 6.10 Å². The maximum atomic E-state index is 6.15. The van der Waals surface area contributed by atoms with Crippen LogP contribution >= 0.6 is 0 Å². The number of rotatable bonds is 5. The van der Waals surface area contributed by atoms with Crippen LogP contribution in [0.4, 0.5) is 5.69 Å². The molecule has 0 bridgehead atoms. The third kappa shape index (κ3) is 3.69. The van der Waals surface area contributed by atoms with Crippen molar-refractivity contribution in [1.29, 1.82) is 0 Å². The van der Waals surface area contributed by atoms with Crippen molar-refractivity contribution in [3.05, 3.63) is 54.6 Å². The summed E-state index contributed by atoms with van der Waals surface area (Å²) in [4.78, 5) is 12.9. The first-order valence-corrected chi connectivity index (χ1v) is 8.55. The van der Waals surface area contributed by atoms with E-state index in [2.05, 4.69) is 44.6 Å². The van der Waals surface area contributed by atoms with Gasteiger partial charge in [-0.15, -0.1) is 0 Å². The molecular weight excluding hydrogens is 314 g/mol. The normalized spacial score (nSPS) is 19.9. The number of nitrogens with one attached hydrogen (secondary N) is 2. The summed E-state index contributed by atoms with van der Waals surface area (Å²) in [6.45, 7) is 3.73. The largest absolute Gasteiger partial charge is 0.487 e. The Bertz CT molecular complexity index is 869. The number of aromatic nitrogens is 3. The fourth-order valence-corrected chi connectivity index (χ4v) is 3.10. The number of pyridine rings is 1. The van der Waals surface area contributed by atoms with Crippen LogP contribution in [-0.2, 0) is 6.54 Å². The molecule has 1 aliphatic rings. The predicted octanol–water partition coefficient (Wildman–Crippen LogP) is 2.77. The smallest absolute Gasteiger partial charge is 0.146 e. The topological polar surface area (TPSA) is 72.0 Å². The van der Waals surface area contributed by atoms with Crippen LogP contribution in [0, 0.1) is 0 Å². The Kier molecular flexibility index (Phi) is 4.43. The van der Waals surface area contributed by atoms with Gasteiger partial charge in [0.15, 0.2) is 0 Å². The molecule has 1 aliphatic heterocycles. The molecule has 6 heteroatoms. The van der Waals surface area contributed by atoms with Crippen LogP contribution in [0.1, 0.15) is 18.9 Å². The fourth-order valence-electron chi connectivity index (χ4n) is 3.10. The highest BCUT2D eigenvalue weighted by Crippen LogP contribution is 2.26. The molecule has 25 heavy (non-hydrogen) atoms. The molecule has 2 N–H and O–H groups in total. The molecular formula is C19H21N5O. The quantitative estimate of drug-likeness (QED) is 0.747. The van der Waals surface area contributed by atoms with Gasteiger partial charge in [-0.2, -0.15) is 0 Å². The van der Waals surface area contributed by atoms with Gasteiger partial charge in [0.2, 0.25) is 0 Å². The van der Waals surface area contributed by atoms with E-state index >= 15 is 0 Å². The highest BCUT2D eigenvalue weighted by molar-refractivity contribution is 5.74. The molecule has 0 saturated carbocycles. The lowest BCUT2D eigenvalue weighted by Crippen LogP contribution is -2.21. The van der Waals surface area contributed by atoms with Gasteiger partial charge in [-0.05, 0) is 24.6 Å². The van der Waals surface area contributed by atoms with Gasteiger partial charge in [-0.1, -0.05) is 6.07 Å². The van der Waals surface area contributed by atoms with Crippen molar-refractivity contribution in [1.82, 2.24) is 20.3 Å². The zero-order valence-electron chi connectivity index (χ0n) is 14.1. The molecule has 4 rings (SSSR count). The zero-order valence-corrected chi connectivity index (χ0v) is 14.1. The van der Waals surface area contributed by atoms with Gasteiger partial charge >= 0.3 is 0 Å². The summed E-state index contributed by atoms with van der Waals surface area (Å²) < 4.78 is 6.15. The van der Waals surface area contributed by atoms with Crippen LogP contribution in [0.3, 0.4) is 0 Å². The highest BCUT2D eigenvalue weighted by Gasteiger charge is 2.22. The Labute approximate surface area is 146 Å². The average molecular weight is 335 g/mol. The third-order valence-corrected chi connectivity index (χ3v) is 4.40. The Balaban J connectivity index is 1.46. The molecule has 1 aromatic carbocycles. The minimum Gasteiger partial charge on any atom is -0.487 e. The lowest BCUT2D eigenvalue weighted by molar-refractivity contribution is 0.221. The van der Waals surface area contributed by atoms with Crippen LogP contribution < -0.4 is 15.4 Å². The molecule has 2 aromatic heterocycles. The second kappa shape index (κ2) is 7.03. The monoisotopic (exact) mass is 335 g/mol. The van der Waals surface area contributed by atoms with Crippen molar-refractivity contribution in [2.45, 2.75) is 32.0 Å². The van der Waals surface area contributed by atoms with Crippen molar-refractivity contribution in [2.24, 2.45) is 0 Å². The molecule has 1 saturated heterocycles. The second-order valence-electron chi connectivity index (χ2n) is 6.39. The Hall–Kier alpha value is -2.73. The Morgan fingerprint density at radius 3 is 2.88 bits per heavy atom.